The molecule has 5 heteroatoms. The molecule has 1 aliphatic rings. The molecule has 3 nitrogen and oxygen atoms in total. The van der Waals surface area contributed by atoms with Crippen LogP contribution >= 0.6 is 11.8 Å². The zero-order valence-electron chi connectivity index (χ0n) is 16.6. The van der Waals surface area contributed by atoms with Crippen molar-refractivity contribution in [2.45, 2.75) is 70.1 Å². The standard InChI is InChI=1S/C22H34NO2S.Y/c1-3-4-5-6-10-21(24)18-11-13-19(14-12-18)23-16-15-22(25)20(23)9-7-8-17-26-2;/h7-8,11-14,20-22,24-25H,2-6,9-10,15-17H2,1H3;/q-1;/b8-7-;. The fourth-order valence-electron chi connectivity index (χ4n) is 3.63. The monoisotopic (exact) mass is 465 g/mol. The molecule has 0 spiro atoms. The number of anilines is 1. The summed E-state index contributed by atoms with van der Waals surface area (Å²) in [5, 5.41) is 20.7. The van der Waals surface area contributed by atoms with Crippen LogP contribution in [0.5, 0.6) is 0 Å². The van der Waals surface area contributed by atoms with Crippen LogP contribution in [-0.2, 0) is 32.7 Å². The van der Waals surface area contributed by atoms with Gasteiger partial charge in [0, 0.05) is 44.9 Å². The molecule has 1 radical (unpaired) electrons. The van der Waals surface area contributed by atoms with Gasteiger partial charge in [-0.3, -0.25) is 6.26 Å². The van der Waals surface area contributed by atoms with Crippen molar-refractivity contribution in [3.05, 3.63) is 48.2 Å². The van der Waals surface area contributed by atoms with E-state index in [0.29, 0.717) is 0 Å². The van der Waals surface area contributed by atoms with Gasteiger partial charge in [0.25, 0.3) is 0 Å². The first kappa shape index (κ1) is 25.2. The van der Waals surface area contributed by atoms with Gasteiger partial charge in [0.05, 0.1) is 18.2 Å². The molecule has 0 bridgehead atoms. The maximum atomic E-state index is 10.4. The van der Waals surface area contributed by atoms with E-state index in [1.807, 2.05) is 12.1 Å². The van der Waals surface area contributed by atoms with Gasteiger partial charge >= 0.3 is 0 Å². The van der Waals surface area contributed by atoms with E-state index in [9.17, 15) is 10.2 Å². The van der Waals surface area contributed by atoms with Crippen molar-refractivity contribution in [3.63, 3.8) is 0 Å². The summed E-state index contributed by atoms with van der Waals surface area (Å²) in [6.07, 6.45) is 14.6. The van der Waals surface area contributed by atoms with Crippen molar-refractivity contribution in [3.8, 4) is 0 Å². The van der Waals surface area contributed by atoms with Crippen LogP contribution in [0, 0.1) is 6.26 Å². The third kappa shape index (κ3) is 8.18. The molecule has 1 aliphatic heterocycles. The van der Waals surface area contributed by atoms with Gasteiger partial charge in [0.1, 0.15) is 0 Å². The Hall–Kier alpha value is 0.134. The van der Waals surface area contributed by atoms with Crippen LogP contribution in [0.2, 0.25) is 0 Å². The molecule has 27 heavy (non-hydrogen) atoms. The van der Waals surface area contributed by atoms with Crippen LogP contribution in [0.15, 0.2) is 36.4 Å². The van der Waals surface area contributed by atoms with E-state index in [1.54, 1.807) is 11.8 Å². The van der Waals surface area contributed by atoms with Crippen LogP contribution in [-0.4, -0.2) is 34.7 Å². The van der Waals surface area contributed by atoms with E-state index in [2.05, 4.69) is 42.4 Å². The zero-order chi connectivity index (χ0) is 18.8. The second kappa shape index (κ2) is 14.2. The number of thioether (sulfide) groups is 1. The molecule has 3 unspecified atom stereocenters. The van der Waals surface area contributed by atoms with E-state index >= 15 is 0 Å². The minimum Gasteiger partial charge on any atom is -0.391 e. The smallest absolute Gasteiger partial charge is 0.0790 e. The topological polar surface area (TPSA) is 43.7 Å². The maximum absolute atomic E-state index is 10.4. The van der Waals surface area contributed by atoms with Crippen molar-refractivity contribution >= 4 is 17.4 Å². The summed E-state index contributed by atoms with van der Waals surface area (Å²) in [5.74, 6) is 0.910. The van der Waals surface area contributed by atoms with E-state index in [4.69, 9.17) is 0 Å². The maximum Gasteiger partial charge on any atom is 0.0790 e. The van der Waals surface area contributed by atoms with E-state index < -0.39 is 0 Å². The summed E-state index contributed by atoms with van der Waals surface area (Å²) in [4.78, 5) is 2.30. The normalized spacial score (nSPS) is 20.8. The van der Waals surface area contributed by atoms with Gasteiger partial charge < -0.3 is 26.9 Å². The average molecular weight is 465 g/mol. The fraction of sp³-hybridized carbons (Fsp3) is 0.591. The van der Waals surface area contributed by atoms with Crippen molar-refractivity contribution in [1.82, 2.24) is 0 Å². The first-order valence-corrected chi connectivity index (χ1v) is 11.1. The Labute approximate surface area is 194 Å². The Kier molecular flexibility index (Phi) is 13.2. The molecule has 0 saturated carbocycles. The molecule has 1 heterocycles. The van der Waals surface area contributed by atoms with Crippen LogP contribution < -0.4 is 4.90 Å². The number of nitrogens with zero attached hydrogens (tertiary/aromatic N) is 1. The minimum atomic E-state index is -0.371. The van der Waals surface area contributed by atoms with E-state index in [-0.39, 0.29) is 51.0 Å². The molecule has 149 valence electrons. The van der Waals surface area contributed by atoms with Crippen LogP contribution in [0.3, 0.4) is 0 Å². The summed E-state index contributed by atoms with van der Waals surface area (Å²) < 4.78 is 0. The molecule has 0 aliphatic carbocycles. The van der Waals surface area contributed by atoms with Gasteiger partial charge in [-0.25, -0.2) is 0 Å². The summed E-state index contributed by atoms with van der Waals surface area (Å²) in [7, 11) is 0. The number of hydrogen-bond acceptors (Lipinski definition) is 4. The predicted octanol–water partition coefficient (Wildman–Crippen LogP) is 5.10. The predicted molar refractivity (Wildman–Crippen MR) is 113 cm³/mol. The summed E-state index contributed by atoms with van der Waals surface area (Å²) in [6.45, 7) is 3.08. The van der Waals surface area contributed by atoms with Crippen LogP contribution in [0.1, 0.15) is 63.5 Å². The Morgan fingerprint density at radius 3 is 2.63 bits per heavy atom. The first-order valence-electron chi connectivity index (χ1n) is 9.92. The third-order valence-corrected chi connectivity index (χ3v) is 5.64. The summed E-state index contributed by atoms with van der Waals surface area (Å²) in [6, 6.07) is 8.38. The molecule has 2 rings (SSSR count). The average Bonchev–Trinajstić information content (AvgIpc) is 3.03. The number of rotatable bonds is 11. The van der Waals surface area contributed by atoms with Crippen LogP contribution in [0.25, 0.3) is 0 Å². The molecule has 0 amide bonds. The first-order chi connectivity index (χ1) is 12.7. The SMILES string of the molecule is [CH2-]SC/C=C\CC1C(O)CCN1c1ccc(C(O)CCCCCC)cc1.[Y]. The zero-order valence-corrected chi connectivity index (χ0v) is 20.2. The minimum absolute atomic E-state index is 0. The van der Waals surface area contributed by atoms with E-state index in [0.717, 1.165) is 49.2 Å². The van der Waals surface area contributed by atoms with Crippen molar-refractivity contribution < 1.29 is 42.9 Å². The van der Waals surface area contributed by atoms with Gasteiger partial charge in [-0.15, -0.1) is 0 Å². The van der Waals surface area contributed by atoms with Gasteiger partial charge in [0.15, 0.2) is 0 Å². The van der Waals surface area contributed by atoms with Crippen molar-refractivity contribution in [2.75, 3.05) is 17.2 Å². The van der Waals surface area contributed by atoms with Crippen molar-refractivity contribution in [2.24, 2.45) is 0 Å². The Bertz CT molecular complexity index is 538. The Balaban J connectivity index is 0.00000364. The Morgan fingerprint density at radius 1 is 1.22 bits per heavy atom. The molecule has 1 fully saturated rings. The molecular weight excluding hydrogens is 431 g/mol. The van der Waals surface area contributed by atoms with Crippen LogP contribution in [0.4, 0.5) is 5.69 Å². The number of aliphatic hydroxyl groups is 2. The van der Waals surface area contributed by atoms with Crippen molar-refractivity contribution in [1.29, 1.82) is 0 Å². The molecule has 3 atom stereocenters. The summed E-state index contributed by atoms with van der Waals surface area (Å²) >= 11 is 1.56. The number of aliphatic hydroxyl groups excluding tert-OH is 2. The molecular formula is C22H34NO2SY-. The molecule has 1 aromatic rings. The fourth-order valence-corrected chi connectivity index (χ4v) is 3.91. The third-order valence-electron chi connectivity index (χ3n) is 5.21. The Morgan fingerprint density at radius 2 is 1.96 bits per heavy atom. The number of benzene rings is 1. The number of unbranched alkanes of at least 4 members (excludes halogenated alkanes) is 3. The second-order valence-electron chi connectivity index (χ2n) is 7.15. The quantitative estimate of drug-likeness (QED) is 0.271. The number of hydrogen-bond donors (Lipinski definition) is 2. The second-order valence-corrected chi connectivity index (χ2v) is 7.89. The van der Waals surface area contributed by atoms with E-state index in [1.165, 1.54) is 19.3 Å². The van der Waals surface area contributed by atoms with Gasteiger partial charge in [0.2, 0.25) is 0 Å². The van der Waals surface area contributed by atoms with Gasteiger partial charge in [-0.2, -0.15) is 0 Å². The summed E-state index contributed by atoms with van der Waals surface area (Å²) in [5.41, 5.74) is 2.13. The largest absolute Gasteiger partial charge is 0.391 e. The van der Waals surface area contributed by atoms with Gasteiger partial charge in [-0.05, 0) is 42.7 Å². The molecule has 0 aromatic heterocycles. The molecule has 1 saturated heterocycles. The molecule has 2 N–H and O–H groups in total. The molecule has 1 aromatic carbocycles. The van der Waals surface area contributed by atoms with Gasteiger partial charge in [-0.1, -0.05) is 56.9 Å².